The van der Waals surface area contributed by atoms with Crippen LogP contribution in [0.1, 0.15) is 45.4 Å². The van der Waals surface area contributed by atoms with Gasteiger partial charge in [-0.15, -0.1) is 5.10 Å². The van der Waals surface area contributed by atoms with Gasteiger partial charge in [-0.2, -0.15) is 5.10 Å². The SMILES string of the molecule is CC(=O)N[C@H](C(=O)N1CCC(Nc2cccnn2)CC1)C1CCCC1. The van der Waals surface area contributed by atoms with Gasteiger partial charge < -0.3 is 15.5 Å². The van der Waals surface area contributed by atoms with Crippen molar-refractivity contribution in [2.24, 2.45) is 5.92 Å². The fourth-order valence-corrected chi connectivity index (χ4v) is 3.92. The van der Waals surface area contributed by atoms with Gasteiger partial charge in [-0.05, 0) is 43.7 Å². The molecule has 0 radical (unpaired) electrons. The molecule has 0 unspecified atom stereocenters. The molecule has 1 aliphatic carbocycles. The normalized spacial score (nSPS) is 20.3. The van der Waals surface area contributed by atoms with Gasteiger partial charge in [-0.3, -0.25) is 9.59 Å². The van der Waals surface area contributed by atoms with E-state index in [4.69, 9.17) is 0 Å². The maximum absolute atomic E-state index is 13.0. The zero-order chi connectivity index (χ0) is 17.6. The number of hydrogen-bond donors (Lipinski definition) is 2. The van der Waals surface area contributed by atoms with Crippen molar-refractivity contribution < 1.29 is 9.59 Å². The number of hydrogen-bond acceptors (Lipinski definition) is 5. The molecule has 0 aromatic carbocycles. The molecule has 7 heteroatoms. The van der Waals surface area contributed by atoms with Crippen LogP contribution in [0, 0.1) is 5.92 Å². The van der Waals surface area contributed by atoms with E-state index in [1.165, 1.54) is 6.92 Å². The van der Waals surface area contributed by atoms with Crippen LogP contribution in [0.4, 0.5) is 5.82 Å². The summed E-state index contributed by atoms with van der Waals surface area (Å²) in [5.41, 5.74) is 0. The molecule has 2 aliphatic rings. The second kappa shape index (κ2) is 8.27. The third kappa shape index (κ3) is 4.67. The lowest BCUT2D eigenvalue weighted by Gasteiger charge is -2.36. The molecular weight excluding hydrogens is 318 g/mol. The Bertz CT molecular complexity index is 580. The molecule has 1 saturated heterocycles. The van der Waals surface area contributed by atoms with Gasteiger partial charge in [0, 0.05) is 32.3 Å². The third-order valence-corrected chi connectivity index (χ3v) is 5.23. The number of nitrogens with zero attached hydrogens (tertiary/aromatic N) is 3. The number of aromatic nitrogens is 2. The monoisotopic (exact) mass is 345 g/mol. The van der Waals surface area contributed by atoms with E-state index in [0.717, 1.165) is 44.3 Å². The van der Waals surface area contributed by atoms with Gasteiger partial charge in [0.1, 0.15) is 11.9 Å². The van der Waals surface area contributed by atoms with E-state index in [2.05, 4.69) is 20.8 Å². The highest BCUT2D eigenvalue weighted by Crippen LogP contribution is 2.29. The number of carbonyl (C=O) groups is 2. The molecule has 25 heavy (non-hydrogen) atoms. The first kappa shape index (κ1) is 17.6. The molecule has 0 spiro atoms. The summed E-state index contributed by atoms with van der Waals surface area (Å²) in [6.07, 6.45) is 7.76. The van der Waals surface area contributed by atoms with E-state index in [1.807, 2.05) is 17.0 Å². The highest BCUT2D eigenvalue weighted by atomic mass is 16.2. The first-order valence-electron chi connectivity index (χ1n) is 9.23. The lowest BCUT2D eigenvalue weighted by molar-refractivity contribution is -0.138. The van der Waals surface area contributed by atoms with Crippen molar-refractivity contribution in [1.82, 2.24) is 20.4 Å². The molecule has 2 heterocycles. The molecule has 2 amide bonds. The molecule has 1 atom stereocenters. The quantitative estimate of drug-likeness (QED) is 0.846. The summed E-state index contributed by atoms with van der Waals surface area (Å²) in [6, 6.07) is 3.70. The minimum Gasteiger partial charge on any atom is -0.366 e. The number of piperidine rings is 1. The van der Waals surface area contributed by atoms with Crippen LogP contribution < -0.4 is 10.6 Å². The topological polar surface area (TPSA) is 87.2 Å². The number of likely N-dealkylation sites (tertiary alicyclic amines) is 1. The van der Waals surface area contributed by atoms with Crippen molar-refractivity contribution in [3.8, 4) is 0 Å². The fourth-order valence-electron chi connectivity index (χ4n) is 3.92. The van der Waals surface area contributed by atoms with Gasteiger partial charge in [0.15, 0.2) is 0 Å². The summed E-state index contributed by atoms with van der Waals surface area (Å²) in [4.78, 5) is 26.4. The van der Waals surface area contributed by atoms with Gasteiger partial charge in [-0.1, -0.05) is 12.8 Å². The van der Waals surface area contributed by atoms with Crippen LogP contribution >= 0.6 is 0 Å². The average molecular weight is 345 g/mol. The zero-order valence-electron chi connectivity index (χ0n) is 14.8. The van der Waals surface area contributed by atoms with Crippen molar-refractivity contribution in [2.75, 3.05) is 18.4 Å². The Morgan fingerprint density at radius 1 is 1.20 bits per heavy atom. The Hall–Kier alpha value is -2.18. The van der Waals surface area contributed by atoms with Crippen LogP contribution in [0.2, 0.25) is 0 Å². The summed E-state index contributed by atoms with van der Waals surface area (Å²) in [7, 11) is 0. The summed E-state index contributed by atoms with van der Waals surface area (Å²) in [6.45, 7) is 2.91. The minimum absolute atomic E-state index is 0.0834. The van der Waals surface area contributed by atoms with Crippen molar-refractivity contribution in [1.29, 1.82) is 0 Å². The summed E-state index contributed by atoms with van der Waals surface area (Å²) in [5, 5.41) is 14.2. The molecule has 1 saturated carbocycles. The lowest BCUT2D eigenvalue weighted by atomic mass is 9.95. The Morgan fingerprint density at radius 3 is 2.52 bits per heavy atom. The summed E-state index contributed by atoms with van der Waals surface area (Å²) < 4.78 is 0. The number of anilines is 1. The van der Waals surface area contributed by atoms with Crippen molar-refractivity contribution in [2.45, 2.75) is 57.5 Å². The Morgan fingerprint density at radius 2 is 1.92 bits per heavy atom. The molecule has 1 aromatic heterocycles. The molecule has 2 fully saturated rings. The Balaban J connectivity index is 1.55. The minimum atomic E-state index is -0.357. The molecule has 136 valence electrons. The highest BCUT2D eigenvalue weighted by molar-refractivity contribution is 5.87. The molecule has 7 nitrogen and oxygen atoms in total. The van der Waals surface area contributed by atoms with E-state index in [-0.39, 0.29) is 23.8 Å². The summed E-state index contributed by atoms with van der Waals surface area (Å²) >= 11 is 0. The fraction of sp³-hybridized carbons (Fsp3) is 0.667. The van der Waals surface area contributed by atoms with Crippen LogP contribution in [0.3, 0.4) is 0 Å². The van der Waals surface area contributed by atoms with E-state index >= 15 is 0 Å². The first-order chi connectivity index (χ1) is 12.1. The predicted molar refractivity (Wildman–Crippen MR) is 94.8 cm³/mol. The van der Waals surface area contributed by atoms with Crippen LogP contribution in [-0.4, -0.2) is 52.1 Å². The van der Waals surface area contributed by atoms with Crippen molar-refractivity contribution in [3.05, 3.63) is 18.3 Å². The molecular formula is C18H27N5O2. The summed E-state index contributed by atoms with van der Waals surface area (Å²) in [5.74, 6) is 1.02. The van der Waals surface area contributed by atoms with Gasteiger partial charge in [-0.25, -0.2) is 0 Å². The standard InChI is InChI=1S/C18H27N5O2/c1-13(24)20-17(14-5-2-3-6-14)18(25)23-11-8-15(9-12-23)21-16-7-4-10-19-22-16/h4,7,10,14-15,17H,2-3,5-6,8-9,11-12H2,1H3,(H,20,24)(H,21,22)/t17-/m0/s1. The molecule has 0 bridgehead atoms. The molecule has 2 N–H and O–H groups in total. The second-order valence-electron chi connectivity index (χ2n) is 7.08. The average Bonchev–Trinajstić information content (AvgIpc) is 3.15. The third-order valence-electron chi connectivity index (χ3n) is 5.23. The van der Waals surface area contributed by atoms with Crippen molar-refractivity contribution in [3.63, 3.8) is 0 Å². The van der Waals surface area contributed by atoms with Gasteiger partial charge >= 0.3 is 0 Å². The van der Waals surface area contributed by atoms with E-state index in [0.29, 0.717) is 19.1 Å². The Labute approximate surface area is 148 Å². The predicted octanol–water partition coefficient (Wildman–Crippen LogP) is 1.57. The highest BCUT2D eigenvalue weighted by Gasteiger charge is 2.35. The van der Waals surface area contributed by atoms with Crippen molar-refractivity contribution >= 4 is 17.6 Å². The largest absolute Gasteiger partial charge is 0.366 e. The molecule has 3 rings (SSSR count). The van der Waals surface area contributed by atoms with Gasteiger partial charge in [0.05, 0.1) is 0 Å². The van der Waals surface area contributed by atoms with E-state index < -0.39 is 0 Å². The van der Waals surface area contributed by atoms with E-state index in [9.17, 15) is 9.59 Å². The number of carbonyl (C=O) groups excluding carboxylic acids is 2. The van der Waals surface area contributed by atoms with Crippen LogP contribution in [-0.2, 0) is 9.59 Å². The maximum atomic E-state index is 13.0. The first-order valence-corrected chi connectivity index (χ1v) is 9.23. The van der Waals surface area contributed by atoms with Gasteiger partial charge in [0.25, 0.3) is 0 Å². The van der Waals surface area contributed by atoms with Crippen LogP contribution in [0.15, 0.2) is 18.3 Å². The Kier molecular flexibility index (Phi) is 5.83. The number of rotatable bonds is 5. The second-order valence-corrected chi connectivity index (χ2v) is 7.08. The zero-order valence-corrected chi connectivity index (χ0v) is 14.8. The molecule has 1 aromatic rings. The smallest absolute Gasteiger partial charge is 0.245 e. The van der Waals surface area contributed by atoms with Crippen LogP contribution in [0.25, 0.3) is 0 Å². The van der Waals surface area contributed by atoms with Crippen LogP contribution in [0.5, 0.6) is 0 Å². The number of amides is 2. The molecule has 1 aliphatic heterocycles. The lowest BCUT2D eigenvalue weighted by Crippen LogP contribution is -2.54. The maximum Gasteiger partial charge on any atom is 0.245 e. The van der Waals surface area contributed by atoms with Gasteiger partial charge in [0.2, 0.25) is 11.8 Å². The van der Waals surface area contributed by atoms with E-state index in [1.54, 1.807) is 6.20 Å². The number of nitrogens with one attached hydrogen (secondary N) is 2.